The van der Waals surface area contributed by atoms with E-state index in [1.165, 1.54) is 0 Å². The van der Waals surface area contributed by atoms with Gasteiger partial charge in [0.25, 0.3) is 0 Å². The summed E-state index contributed by atoms with van der Waals surface area (Å²) in [7, 11) is 0. The third kappa shape index (κ3) is 3.15. The Morgan fingerprint density at radius 3 is 2.60 bits per heavy atom. The summed E-state index contributed by atoms with van der Waals surface area (Å²) in [6, 6.07) is 14.3. The second-order valence-corrected chi connectivity index (χ2v) is 6.74. The normalized spacial score (nSPS) is 17.1. The Morgan fingerprint density at radius 1 is 1.12 bits per heavy atom. The average Bonchev–Trinajstić information content (AvgIpc) is 3.41. The van der Waals surface area contributed by atoms with Gasteiger partial charge in [-0.15, -0.1) is 0 Å². The number of rotatable bonds is 4. The standard InChI is InChI=1S/C20H21N3O2/c21-18(14-4-2-1-3-5-14)19(24)22-16-9-8-13-10-11-23(17(13)12-16)20(25)15-6-7-15/h1-5,8-9,12,15,18H,6-7,10-11,21H2,(H,22,24)/t18-/m0/s1. The van der Waals surface area contributed by atoms with Gasteiger partial charge in [0.15, 0.2) is 0 Å². The van der Waals surface area contributed by atoms with E-state index < -0.39 is 6.04 Å². The van der Waals surface area contributed by atoms with Crippen LogP contribution in [0.15, 0.2) is 48.5 Å². The maximum atomic E-state index is 12.4. The van der Waals surface area contributed by atoms with Crippen molar-refractivity contribution < 1.29 is 9.59 Å². The van der Waals surface area contributed by atoms with Gasteiger partial charge in [-0.3, -0.25) is 9.59 Å². The molecule has 2 aliphatic rings. The summed E-state index contributed by atoms with van der Waals surface area (Å²) < 4.78 is 0. The Labute approximate surface area is 146 Å². The van der Waals surface area contributed by atoms with Crippen LogP contribution in [0.1, 0.15) is 30.0 Å². The summed E-state index contributed by atoms with van der Waals surface area (Å²) in [5, 5.41) is 2.87. The molecule has 25 heavy (non-hydrogen) atoms. The minimum Gasteiger partial charge on any atom is -0.324 e. The zero-order valence-electron chi connectivity index (χ0n) is 13.9. The number of nitrogens with one attached hydrogen (secondary N) is 1. The van der Waals surface area contributed by atoms with Gasteiger partial charge in [0, 0.05) is 23.8 Å². The summed E-state index contributed by atoms with van der Waals surface area (Å²) >= 11 is 0. The highest BCUT2D eigenvalue weighted by Gasteiger charge is 2.36. The third-order valence-corrected chi connectivity index (χ3v) is 4.88. The van der Waals surface area contributed by atoms with Crippen LogP contribution in [0, 0.1) is 5.92 Å². The minimum atomic E-state index is -0.723. The molecule has 1 atom stereocenters. The van der Waals surface area contributed by atoms with Crippen molar-refractivity contribution in [3.8, 4) is 0 Å². The molecule has 1 aliphatic heterocycles. The number of anilines is 2. The predicted octanol–water partition coefficient (Wildman–Crippen LogP) is 2.62. The number of hydrogen-bond acceptors (Lipinski definition) is 3. The highest BCUT2D eigenvalue weighted by Crippen LogP contribution is 2.37. The summed E-state index contributed by atoms with van der Waals surface area (Å²) in [5.74, 6) is 0.142. The van der Waals surface area contributed by atoms with E-state index in [9.17, 15) is 9.59 Å². The molecule has 1 saturated carbocycles. The summed E-state index contributed by atoms with van der Waals surface area (Å²) in [6.45, 7) is 0.728. The van der Waals surface area contributed by atoms with Crippen molar-refractivity contribution in [2.24, 2.45) is 11.7 Å². The van der Waals surface area contributed by atoms with Crippen molar-refractivity contribution in [3.63, 3.8) is 0 Å². The number of carbonyl (C=O) groups excluding carboxylic acids is 2. The van der Waals surface area contributed by atoms with Crippen LogP contribution in [0.25, 0.3) is 0 Å². The first-order chi connectivity index (χ1) is 12.1. The first kappa shape index (κ1) is 15.8. The molecule has 4 rings (SSSR count). The zero-order valence-corrected chi connectivity index (χ0v) is 13.9. The van der Waals surface area contributed by atoms with Crippen molar-refractivity contribution in [1.82, 2.24) is 0 Å². The monoisotopic (exact) mass is 335 g/mol. The van der Waals surface area contributed by atoms with E-state index in [-0.39, 0.29) is 17.7 Å². The van der Waals surface area contributed by atoms with Gasteiger partial charge in [-0.2, -0.15) is 0 Å². The largest absolute Gasteiger partial charge is 0.324 e. The Kier molecular flexibility index (Phi) is 4.01. The van der Waals surface area contributed by atoms with Crippen LogP contribution >= 0.6 is 0 Å². The van der Waals surface area contributed by atoms with Crippen LogP contribution in [0.2, 0.25) is 0 Å². The van der Waals surface area contributed by atoms with E-state index in [1.54, 1.807) is 0 Å². The smallest absolute Gasteiger partial charge is 0.245 e. The van der Waals surface area contributed by atoms with Gasteiger partial charge >= 0.3 is 0 Å². The molecule has 2 aromatic carbocycles. The first-order valence-corrected chi connectivity index (χ1v) is 8.69. The molecule has 0 saturated heterocycles. The lowest BCUT2D eigenvalue weighted by Crippen LogP contribution is -2.30. The molecule has 1 heterocycles. The van der Waals surface area contributed by atoms with Gasteiger partial charge in [-0.1, -0.05) is 36.4 Å². The van der Waals surface area contributed by atoms with Crippen LogP contribution < -0.4 is 16.0 Å². The molecule has 0 radical (unpaired) electrons. The van der Waals surface area contributed by atoms with Crippen LogP contribution in [-0.2, 0) is 16.0 Å². The molecule has 128 valence electrons. The number of nitrogens with zero attached hydrogens (tertiary/aromatic N) is 1. The van der Waals surface area contributed by atoms with Crippen molar-refractivity contribution in [2.45, 2.75) is 25.3 Å². The zero-order chi connectivity index (χ0) is 17.4. The highest BCUT2D eigenvalue weighted by atomic mass is 16.2. The van der Waals surface area contributed by atoms with Gasteiger partial charge in [-0.05, 0) is 42.5 Å². The van der Waals surface area contributed by atoms with E-state index in [1.807, 2.05) is 53.4 Å². The minimum absolute atomic E-state index is 0.190. The Balaban J connectivity index is 1.51. The lowest BCUT2D eigenvalue weighted by atomic mass is 10.1. The van der Waals surface area contributed by atoms with Gasteiger partial charge in [-0.25, -0.2) is 0 Å². The second kappa shape index (κ2) is 6.33. The van der Waals surface area contributed by atoms with Crippen LogP contribution in [0.5, 0.6) is 0 Å². The van der Waals surface area contributed by atoms with Gasteiger partial charge < -0.3 is 16.0 Å². The molecule has 0 spiro atoms. The van der Waals surface area contributed by atoms with Crippen molar-refractivity contribution in [1.29, 1.82) is 0 Å². The fraction of sp³-hybridized carbons (Fsp3) is 0.300. The van der Waals surface area contributed by atoms with E-state index in [2.05, 4.69) is 5.32 Å². The van der Waals surface area contributed by atoms with E-state index in [4.69, 9.17) is 5.73 Å². The maximum Gasteiger partial charge on any atom is 0.245 e. The lowest BCUT2D eigenvalue weighted by Gasteiger charge is -2.18. The molecule has 5 heteroatoms. The van der Waals surface area contributed by atoms with Gasteiger partial charge in [0.1, 0.15) is 6.04 Å². The topological polar surface area (TPSA) is 75.4 Å². The first-order valence-electron chi connectivity index (χ1n) is 8.69. The Morgan fingerprint density at radius 2 is 1.88 bits per heavy atom. The van der Waals surface area contributed by atoms with Gasteiger partial charge in [0.05, 0.1) is 0 Å². The fourth-order valence-electron chi connectivity index (χ4n) is 3.27. The van der Waals surface area contributed by atoms with Crippen LogP contribution in [0.3, 0.4) is 0 Å². The Bertz CT molecular complexity index is 815. The summed E-state index contributed by atoms with van der Waals surface area (Å²) in [6.07, 6.45) is 2.85. The number of nitrogens with two attached hydrogens (primary N) is 1. The van der Waals surface area contributed by atoms with Crippen molar-refractivity contribution >= 4 is 23.2 Å². The highest BCUT2D eigenvalue weighted by molar-refractivity contribution is 6.00. The molecule has 0 aromatic heterocycles. The Hall–Kier alpha value is -2.66. The van der Waals surface area contributed by atoms with Gasteiger partial charge in [0.2, 0.25) is 11.8 Å². The third-order valence-electron chi connectivity index (χ3n) is 4.88. The van der Waals surface area contributed by atoms with E-state index in [0.717, 1.165) is 42.6 Å². The maximum absolute atomic E-state index is 12.4. The van der Waals surface area contributed by atoms with E-state index >= 15 is 0 Å². The molecule has 2 amide bonds. The molecular weight excluding hydrogens is 314 g/mol. The fourth-order valence-corrected chi connectivity index (χ4v) is 3.27. The molecule has 5 nitrogen and oxygen atoms in total. The van der Waals surface area contributed by atoms with Crippen molar-refractivity contribution in [3.05, 3.63) is 59.7 Å². The number of benzene rings is 2. The summed E-state index contributed by atoms with van der Waals surface area (Å²) in [5.41, 5.74) is 9.56. The number of amides is 2. The average molecular weight is 335 g/mol. The van der Waals surface area contributed by atoms with E-state index in [0.29, 0.717) is 5.69 Å². The molecular formula is C20H21N3O2. The molecule has 0 unspecified atom stereocenters. The lowest BCUT2D eigenvalue weighted by molar-refractivity contribution is -0.119. The molecule has 3 N–H and O–H groups in total. The quantitative estimate of drug-likeness (QED) is 0.902. The predicted molar refractivity (Wildman–Crippen MR) is 97.2 cm³/mol. The van der Waals surface area contributed by atoms with Crippen LogP contribution in [0.4, 0.5) is 11.4 Å². The number of hydrogen-bond donors (Lipinski definition) is 2. The molecule has 0 bridgehead atoms. The van der Waals surface area contributed by atoms with Crippen molar-refractivity contribution in [2.75, 3.05) is 16.8 Å². The molecule has 2 aromatic rings. The molecule has 1 fully saturated rings. The summed E-state index contributed by atoms with van der Waals surface area (Å²) in [4.78, 5) is 26.7. The number of carbonyl (C=O) groups is 2. The van der Waals surface area contributed by atoms with Crippen LogP contribution in [-0.4, -0.2) is 18.4 Å². The number of fused-ring (bicyclic) bond motifs is 1. The second-order valence-electron chi connectivity index (χ2n) is 6.74. The molecule has 1 aliphatic carbocycles. The SMILES string of the molecule is N[C@H](C(=O)Nc1ccc2c(c1)N(C(=O)C1CC1)CC2)c1ccccc1.